The molecule has 0 rings (SSSR count). The first kappa shape index (κ1) is 9.17. The average Bonchev–Trinajstić information content (AvgIpc) is 1.99. The Kier molecular flexibility index (Phi) is 4.58. The molecule has 3 heteroatoms. The SMILES string of the molecule is C=CC(C)CNC(=O)CN. The molecule has 3 N–H and O–H groups in total. The lowest BCUT2D eigenvalue weighted by Crippen LogP contribution is -2.32. The zero-order valence-electron chi connectivity index (χ0n) is 6.26. The van der Waals surface area contributed by atoms with E-state index in [1.54, 1.807) is 6.08 Å². The van der Waals surface area contributed by atoms with Gasteiger partial charge in [0.1, 0.15) is 0 Å². The van der Waals surface area contributed by atoms with E-state index in [-0.39, 0.29) is 12.5 Å². The standard InChI is InChI=1S/C7H14N2O/c1-3-6(2)5-9-7(10)4-8/h3,6H,1,4-5,8H2,2H3,(H,9,10). The lowest BCUT2D eigenvalue weighted by atomic mass is 10.2. The summed E-state index contributed by atoms with van der Waals surface area (Å²) >= 11 is 0. The van der Waals surface area contributed by atoms with Crippen LogP contribution >= 0.6 is 0 Å². The molecule has 58 valence electrons. The molecule has 0 saturated heterocycles. The van der Waals surface area contributed by atoms with Crippen LogP contribution in [0.15, 0.2) is 12.7 Å². The molecule has 3 nitrogen and oxygen atoms in total. The Labute approximate surface area is 61.3 Å². The second-order valence-corrected chi connectivity index (χ2v) is 2.22. The van der Waals surface area contributed by atoms with Gasteiger partial charge in [0.05, 0.1) is 6.54 Å². The predicted molar refractivity (Wildman–Crippen MR) is 41.4 cm³/mol. The zero-order chi connectivity index (χ0) is 7.98. The van der Waals surface area contributed by atoms with E-state index in [1.165, 1.54) is 0 Å². The summed E-state index contributed by atoms with van der Waals surface area (Å²) in [6.07, 6.45) is 1.79. The molecule has 0 aliphatic heterocycles. The molecule has 0 spiro atoms. The highest BCUT2D eigenvalue weighted by Gasteiger charge is 1.98. The van der Waals surface area contributed by atoms with Gasteiger partial charge in [0.25, 0.3) is 0 Å². The Hall–Kier alpha value is -0.830. The van der Waals surface area contributed by atoms with Gasteiger partial charge in [-0.25, -0.2) is 0 Å². The first-order chi connectivity index (χ1) is 4.70. The normalized spacial score (nSPS) is 12.2. The first-order valence-electron chi connectivity index (χ1n) is 3.30. The van der Waals surface area contributed by atoms with Crippen LogP contribution in [0.4, 0.5) is 0 Å². The summed E-state index contributed by atoms with van der Waals surface area (Å²) in [4.78, 5) is 10.6. The minimum Gasteiger partial charge on any atom is -0.354 e. The highest BCUT2D eigenvalue weighted by atomic mass is 16.1. The highest BCUT2D eigenvalue weighted by Crippen LogP contribution is 1.90. The summed E-state index contributed by atoms with van der Waals surface area (Å²) in [6, 6.07) is 0. The molecule has 0 aliphatic carbocycles. The van der Waals surface area contributed by atoms with E-state index in [0.717, 1.165) is 0 Å². The molecular weight excluding hydrogens is 128 g/mol. The van der Waals surface area contributed by atoms with Crippen molar-refractivity contribution in [1.29, 1.82) is 0 Å². The summed E-state index contributed by atoms with van der Waals surface area (Å²) in [7, 11) is 0. The molecular formula is C7H14N2O. The Morgan fingerprint density at radius 1 is 1.90 bits per heavy atom. The fourth-order valence-corrected chi connectivity index (χ4v) is 0.430. The van der Waals surface area contributed by atoms with E-state index in [9.17, 15) is 4.79 Å². The van der Waals surface area contributed by atoms with E-state index in [4.69, 9.17) is 5.73 Å². The van der Waals surface area contributed by atoms with Crippen LogP contribution in [0.5, 0.6) is 0 Å². The maximum Gasteiger partial charge on any atom is 0.233 e. The molecule has 0 aromatic rings. The Morgan fingerprint density at radius 2 is 2.50 bits per heavy atom. The molecule has 0 saturated carbocycles. The van der Waals surface area contributed by atoms with Gasteiger partial charge in [-0.05, 0) is 5.92 Å². The molecule has 1 atom stereocenters. The summed E-state index contributed by atoms with van der Waals surface area (Å²) in [5, 5.41) is 2.65. The van der Waals surface area contributed by atoms with Crippen molar-refractivity contribution in [2.75, 3.05) is 13.1 Å². The van der Waals surface area contributed by atoms with Gasteiger partial charge in [-0.2, -0.15) is 0 Å². The minimum atomic E-state index is -0.117. The number of hydrogen-bond donors (Lipinski definition) is 2. The summed E-state index contributed by atoms with van der Waals surface area (Å²) in [5.74, 6) is 0.198. The maximum absolute atomic E-state index is 10.6. The molecule has 0 aliphatic rings. The number of carbonyl (C=O) groups is 1. The van der Waals surface area contributed by atoms with Crippen molar-refractivity contribution in [2.24, 2.45) is 11.7 Å². The van der Waals surface area contributed by atoms with Crippen molar-refractivity contribution in [2.45, 2.75) is 6.92 Å². The van der Waals surface area contributed by atoms with E-state index < -0.39 is 0 Å². The molecule has 0 heterocycles. The zero-order valence-corrected chi connectivity index (χ0v) is 6.26. The third-order valence-corrected chi connectivity index (χ3v) is 1.21. The lowest BCUT2D eigenvalue weighted by molar-refractivity contribution is -0.119. The molecule has 0 radical (unpaired) electrons. The monoisotopic (exact) mass is 142 g/mol. The van der Waals surface area contributed by atoms with Gasteiger partial charge < -0.3 is 11.1 Å². The minimum absolute atomic E-state index is 0.0594. The van der Waals surface area contributed by atoms with Gasteiger partial charge in [0, 0.05) is 6.54 Å². The van der Waals surface area contributed by atoms with Gasteiger partial charge in [-0.1, -0.05) is 13.0 Å². The van der Waals surface area contributed by atoms with Crippen LogP contribution in [0.2, 0.25) is 0 Å². The van der Waals surface area contributed by atoms with Crippen molar-refractivity contribution < 1.29 is 4.79 Å². The quantitative estimate of drug-likeness (QED) is 0.538. The van der Waals surface area contributed by atoms with Crippen LogP contribution in [-0.4, -0.2) is 19.0 Å². The largest absolute Gasteiger partial charge is 0.354 e. The second-order valence-electron chi connectivity index (χ2n) is 2.22. The number of amides is 1. The summed E-state index contributed by atoms with van der Waals surface area (Å²) < 4.78 is 0. The van der Waals surface area contributed by atoms with Crippen LogP contribution in [0.1, 0.15) is 6.92 Å². The summed E-state index contributed by atoms with van der Waals surface area (Å²) in [5.41, 5.74) is 5.06. The van der Waals surface area contributed by atoms with Crippen LogP contribution in [0, 0.1) is 5.92 Å². The van der Waals surface area contributed by atoms with Gasteiger partial charge >= 0.3 is 0 Å². The van der Waals surface area contributed by atoms with Crippen molar-refractivity contribution in [3.05, 3.63) is 12.7 Å². The third-order valence-electron chi connectivity index (χ3n) is 1.21. The molecule has 10 heavy (non-hydrogen) atoms. The summed E-state index contributed by atoms with van der Waals surface area (Å²) in [6.45, 7) is 6.24. The topological polar surface area (TPSA) is 55.1 Å². The predicted octanol–water partition coefficient (Wildman–Crippen LogP) is -0.117. The number of hydrogen-bond acceptors (Lipinski definition) is 2. The van der Waals surface area contributed by atoms with E-state index in [1.807, 2.05) is 6.92 Å². The van der Waals surface area contributed by atoms with E-state index in [0.29, 0.717) is 12.5 Å². The van der Waals surface area contributed by atoms with Gasteiger partial charge in [-0.3, -0.25) is 4.79 Å². The fourth-order valence-electron chi connectivity index (χ4n) is 0.430. The Bertz CT molecular complexity index is 123. The molecule has 1 amide bonds. The van der Waals surface area contributed by atoms with Gasteiger partial charge in [0.15, 0.2) is 0 Å². The Morgan fingerprint density at radius 3 is 2.90 bits per heavy atom. The number of nitrogens with two attached hydrogens (primary N) is 1. The van der Waals surface area contributed by atoms with Gasteiger partial charge in [0.2, 0.25) is 5.91 Å². The molecule has 0 bridgehead atoms. The fraction of sp³-hybridized carbons (Fsp3) is 0.571. The molecule has 1 unspecified atom stereocenters. The number of rotatable bonds is 4. The van der Waals surface area contributed by atoms with Crippen molar-refractivity contribution in [3.8, 4) is 0 Å². The van der Waals surface area contributed by atoms with Crippen LogP contribution in [0.25, 0.3) is 0 Å². The number of nitrogens with one attached hydrogen (secondary N) is 1. The van der Waals surface area contributed by atoms with E-state index in [2.05, 4.69) is 11.9 Å². The first-order valence-corrected chi connectivity index (χ1v) is 3.30. The van der Waals surface area contributed by atoms with Crippen LogP contribution in [-0.2, 0) is 4.79 Å². The van der Waals surface area contributed by atoms with Crippen molar-refractivity contribution in [3.63, 3.8) is 0 Å². The second kappa shape index (κ2) is 4.99. The lowest BCUT2D eigenvalue weighted by Gasteiger charge is -2.05. The number of carbonyl (C=O) groups excluding carboxylic acids is 1. The molecule has 0 aromatic heterocycles. The highest BCUT2D eigenvalue weighted by molar-refractivity contribution is 5.77. The van der Waals surface area contributed by atoms with E-state index >= 15 is 0 Å². The molecule has 0 fully saturated rings. The van der Waals surface area contributed by atoms with Crippen molar-refractivity contribution >= 4 is 5.91 Å². The van der Waals surface area contributed by atoms with Gasteiger partial charge in [-0.15, -0.1) is 6.58 Å². The maximum atomic E-state index is 10.6. The smallest absolute Gasteiger partial charge is 0.233 e. The van der Waals surface area contributed by atoms with Crippen molar-refractivity contribution in [1.82, 2.24) is 5.32 Å². The third kappa shape index (κ3) is 4.09. The van der Waals surface area contributed by atoms with Crippen LogP contribution < -0.4 is 11.1 Å². The average molecular weight is 142 g/mol. The molecule has 0 aromatic carbocycles. The van der Waals surface area contributed by atoms with Crippen LogP contribution in [0.3, 0.4) is 0 Å². The Balaban J connectivity index is 3.34.